The number of aliphatic hydroxyl groups excluding tert-OH is 1. The van der Waals surface area contributed by atoms with Gasteiger partial charge in [0.25, 0.3) is 0 Å². The van der Waals surface area contributed by atoms with Gasteiger partial charge in [0.15, 0.2) is 0 Å². The van der Waals surface area contributed by atoms with E-state index in [0.29, 0.717) is 6.04 Å². The molecule has 1 N–H and O–H groups in total. The summed E-state index contributed by atoms with van der Waals surface area (Å²) in [5, 5.41) is 8.80. The van der Waals surface area contributed by atoms with Gasteiger partial charge in [-0.3, -0.25) is 4.90 Å². The van der Waals surface area contributed by atoms with Crippen molar-refractivity contribution in [3.63, 3.8) is 0 Å². The summed E-state index contributed by atoms with van der Waals surface area (Å²) in [5.74, 6) is 6.55. The van der Waals surface area contributed by atoms with Crippen molar-refractivity contribution in [3.8, 4) is 17.6 Å². The van der Waals surface area contributed by atoms with E-state index in [9.17, 15) is 0 Å². The van der Waals surface area contributed by atoms with Crippen LogP contribution in [-0.2, 0) is 6.54 Å². The van der Waals surface area contributed by atoms with Crippen LogP contribution in [0.5, 0.6) is 5.75 Å². The number of piperazine rings is 1. The zero-order chi connectivity index (χ0) is 15.2. The SMILES string of the molecule is COc1ccc(C#CCO)cc1CN1CCN(C)C(C)C1. The standard InChI is InChI=1S/C17H24N2O2/c1-14-12-19(9-8-18(14)2)13-16-11-15(5-4-10-20)6-7-17(16)21-3/h6-7,11,14,20H,8-10,12-13H2,1-3H3. The van der Waals surface area contributed by atoms with E-state index >= 15 is 0 Å². The van der Waals surface area contributed by atoms with Gasteiger partial charge >= 0.3 is 0 Å². The molecule has 1 aromatic rings. The molecule has 0 aromatic heterocycles. The van der Waals surface area contributed by atoms with E-state index in [0.717, 1.165) is 43.1 Å². The molecule has 0 spiro atoms. The monoisotopic (exact) mass is 288 g/mol. The Morgan fingerprint density at radius 2 is 2.19 bits per heavy atom. The quantitative estimate of drug-likeness (QED) is 0.847. The van der Waals surface area contributed by atoms with Crippen molar-refractivity contribution in [1.29, 1.82) is 0 Å². The Kier molecular flexibility index (Phi) is 5.63. The molecule has 0 bridgehead atoms. The summed E-state index contributed by atoms with van der Waals surface area (Å²) in [6.45, 7) is 6.23. The molecule has 21 heavy (non-hydrogen) atoms. The molecule has 1 atom stereocenters. The summed E-state index contributed by atoms with van der Waals surface area (Å²) in [6, 6.07) is 6.51. The minimum absolute atomic E-state index is 0.114. The van der Waals surface area contributed by atoms with Crippen LogP contribution in [0.3, 0.4) is 0 Å². The van der Waals surface area contributed by atoms with Crippen molar-refractivity contribution in [2.24, 2.45) is 0 Å². The third-order valence-corrected chi connectivity index (χ3v) is 4.03. The first-order valence-electron chi connectivity index (χ1n) is 7.33. The molecule has 0 aliphatic carbocycles. The lowest BCUT2D eigenvalue weighted by Crippen LogP contribution is -2.49. The Morgan fingerprint density at radius 3 is 2.86 bits per heavy atom. The number of hydrogen-bond acceptors (Lipinski definition) is 4. The third-order valence-electron chi connectivity index (χ3n) is 4.03. The number of methoxy groups -OCH3 is 1. The molecule has 4 nitrogen and oxygen atoms in total. The minimum atomic E-state index is -0.114. The maximum Gasteiger partial charge on any atom is 0.123 e. The first kappa shape index (κ1) is 15.8. The Morgan fingerprint density at radius 1 is 1.38 bits per heavy atom. The van der Waals surface area contributed by atoms with Crippen molar-refractivity contribution in [2.45, 2.75) is 19.5 Å². The first-order chi connectivity index (χ1) is 10.1. The molecule has 0 saturated carbocycles. The van der Waals surface area contributed by atoms with Gasteiger partial charge in [-0.05, 0) is 32.2 Å². The molecule has 1 fully saturated rings. The summed E-state index contributed by atoms with van der Waals surface area (Å²) in [4.78, 5) is 4.84. The summed E-state index contributed by atoms with van der Waals surface area (Å²) < 4.78 is 5.46. The maximum atomic E-state index is 8.80. The fraction of sp³-hybridized carbons (Fsp3) is 0.529. The number of ether oxygens (including phenoxy) is 1. The second kappa shape index (κ2) is 7.46. The van der Waals surface area contributed by atoms with Gasteiger partial charge < -0.3 is 14.7 Å². The predicted molar refractivity (Wildman–Crippen MR) is 84.3 cm³/mol. The molecule has 1 heterocycles. The average molecular weight is 288 g/mol. The van der Waals surface area contributed by atoms with Crippen LogP contribution in [0.25, 0.3) is 0 Å². The van der Waals surface area contributed by atoms with Crippen LogP contribution in [0.4, 0.5) is 0 Å². The zero-order valence-electron chi connectivity index (χ0n) is 13.1. The highest BCUT2D eigenvalue weighted by Gasteiger charge is 2.21. The molecule has 1 aliphatic rings. The minimum Gasteiger partial charge on any atom is -0.496 e. The molecule has 114 valence electrons. The second-order valence-corrected chi connectivity index (χ2v) is 5.55. The molecule has 4 heteroatoms. The van der Waals surface area contributed by atoms with Crippen LogP contribution in [-0.4, -0.2) is 61.3 Å². The van der Waals surface area contributed by atoms with Gasteiger partial charge in [-0.15, -0.1) is 0 Å². The highest BCUT2D eigenvalue weighted by atomic mass is 16.5. The van der Waals surface area contributed by atoms with E-state index in [1.165, 1.54) is 0 Å². The molecule has 1 saturated heterocycles. The van der Waals surface area contributed by atoms with Gasteiger partial charge in [0.2, 0.25) is 0 Å². The van der Waals surface area contributed by atoms with Gasteiger partial charge in [-0.25, -0.2) is 0 Å². The van der Waals surface area contributed by atoms with Gasteiger partial charge in [-0.1, -0.05) is 11.8 Å². The zero-order valence-corrected chi connectivity index (χ0v) is 13.1. The Labute approximate surface area is 127 Å². The molecule has 0 amide bonds. The highest BCUT2D eigenvalue weighted by Crippen LogP contribution is 2.22. The molecular formula is C17H24N2O2. The van der Waals surface area contributed by atoms with Gasteiger partial charge in [0, 0.05) is 43.3 Å². The second-order valence-electron chi connectivity index (χ2n) is 5.55. The van der Waals surface area contributed by atoms with E-state index in [4.69, 9.17) is 9.84 Å². The number of hydrogen-bond donors (Lipinski definition) is 1. The lowest BCUT2D eigenvalue weighted by atomic mass is 10.1. The van der Waals surface area contributed by atoms with Crippen LogP contribution in [0.15, 0.2) is 18.2 Å². The van der Waals surface area contributed by atoms with Crippen molar-refractivity contribution < 1.29 is 9.84 Å². The smallest absolute Gasteiger partial charge is 0.123 e. The lowest BCUT2D eigenvalue weighted by Gasteiger charge is -2.37. The Hall–Kier alpha value is -1.54. The van der Waals surface area contributed by atoms with E-state index in [1.54, 1.807) is 7.11 Å². The van der Waals surface area contributed by atoms with Gasteiger partial charge in [0.1, 0.15) is 12.4 Å². The number of benzene rings is 1. The normalized spacial score (nSPS) is 19.9. The molecule has 2 rings (SSSR count). The van der Waals surface area contributed by atoms with Crippen molar-refractivity contribution >= 4 is 0 Å². The highest BCUT2D eigenvalue weighted by molar-refractivity contribution is 5.44. The van der Waals surface area contributed by atoms with E-state index in [-0.39, 0.29) is 6.61 Å². The Balaban J connectivity index is 2.13. The predicted octanol–water partition coefficient (Wildman–Crippen LogP) is 1.17. The number of rotatable bonds is 3. The Bertz CT molecular complexity index is 533. The first-order valence-corrected chi connectivity index (χ1v) is 7.33. The average Bonchev–Trinajstić information content (AvgIpc) is 2.49. The molecule has 0 radical (unpaired) electrons. The summed E-state index contributed by atoms with van der Waals surface area (Å²) in [5.41, 5.74) is 2.07. The van der Waals surface area contributed by atoms with Crippen LogP contribution >= 0.6 is 0 Å². The van der Waals surface area contributed by atoms with Crippen LogP contribution in [0.1, 0.15) is 18.1 Å². The molecular weight excluding hydrogens is 264 g/mol. The third kappa shape index (κ3) is 4.21. The van der Waals surface area contributed by atoms with Crippen LogP contribution in [0, 0.1) is 11.8 Å². The fourth-order valence-corrected chi connectivity index (χ4v) is 2.63. The maximum absolute atomic E-state index is 8.80. The largest absolute Gasteiger partial charge is 0.496 e. The summed E-state index contributed by atoms with van der Waals surface area (Å²) in [7, 11) is 3.87. The molecule has 1 unspecified atom stereocenters. The van der Waals surface area contributed by atoms with Crippen LogP contribution < -0.4 is 4.74 Å². The fourth-order valence-electron chi connectivity index (χ4n) is 2.63. The number of nitrogens with zero attached hydrogens (tertiary/aromatic N) is 2. The summed E-state index contributed by atoms with van der Waals surface area (Å²) in [6.07, 6.45) is 0. The number of aliphatic hydroxyl groups is 1. The van der Waals surface area contributed by atoms with Gasteiger partial charge in [-0.2, -0.15) is 0 Å². The summed E-state index contributed by atoms with van der Waals surface area (Å²) >= 11 is 0. The van der Waals surface area contributed by atoms with E-state index in [1.807, 2.05) is 12.1 Å². The van der Waals surface area contributed by atoms with Gasteiger partial charge in [0.05, 0.1) is 7.11 Å². The van der Waals surface area contributed by atoms with Crippen molar-refractivity contribution in [3.05, 3.63) is 29.3 Å². The van der Waals surface area contributed by atoms with Crippen LogP contribution in [0.2, 0.25) is 0 Å². The van der Waals surface area contributed by atoms with E-state index in [2.05, 4.69) is 41.7 Å². The topological polar surface area (TPSA) is 35.9 Å². The van der Waals surface area contributed by atoms with E-state index < -0.39 is 0 Å². The van der Waals surface area contributed by atoms with Crippen molar-refractivity contribution in [2.75, 3.05) is 40.4 Å². The number of likely N-dealkylation sites (N-methyl/N-ethyl adjacent to an activating group) is 1. The molecule has 1 aromatic carbocycles. The molecule has 1 aliphatic heterocycles. The lowest BCUT2D eigenvalue weighted by molar-refractivity contribution is 0.0993. The van der Waals surface area contributed by atoms with Crippen molar-refractivity contribution in [1.82, 2.24) is 9.80 Å².